The van der Waals surface area contributed by atoms with E-state index >= 15 is 0 Å². The van der Waals surface area contributed by atoms with Crippen LogP contribution in [-0.4, -0.2) is 44.8 Å². The van der Waals surface area contributed by atoms with Gasteiger partial charge in [0.05, 0.1) is 6.61 Å². The average molecular weight is 337 g/mol. The number of carbonyl (C=O) groups is 2. The number of nitrogens with one attached hydrogen (secondary N) is 1. The highest BCUT2D eigenvalue weighted by Gasteiger charge is 2.21. The van der Waals surface area contributed by atoms with E-state index < -0.39 is 12.1 Å². The van der Waals surface area contributed by atoms with Crippen LogP contribution in [0.15, 0.2) is 24.3 Å². The molecule has 1 amide bonds. The summed E-state index contributed by atoms with van der Waals surface area (Å²) in [5.74, 6) is -0.317. The molecule has 1 aromatic rings. The molecule has 0 aliphatic carbocycles. The molecule has 0 bridgehead atoms. The first kappa shape index (κ1) is 20.0. The molecule has 0 saturated carbocycles. The number of esters is 1. The molecule has 1 N–H and O–H groups in total. The van der Waals surface area contributed by atoms with Crippen LogP contribution in [0.1, 0.15) is 33.3 Å². The van der Waals surface area contributed by atoms with Gasteiger partial charge in [0.1, 0.15) is 5.75 Å². The highest BCUT2D eigenvalue weighted by atomic mass is 16.6. The summed E-state index contributed by atoms with van der Waals surface area (Å²) in [6.07, 6.45) is -0.879. The molecule has 134 valence electrons. The lowest BCUT2D eigenvalue weighted by molar-refractivity contribution is -0.156. The Labute approximate surface area is 143 Å². The molecule has 0 aliphatic rings. The Hall–Kier alpha value is -2.08. The third kappa shape index (κ3) is 6.58. The average Bonchev–Trinajstić information content (AvgIpc) is 2.52. The first-order valence-electron chi connectivity index (χ1n) is 7.94. The lowest BCUT2D eigenvalue weighted by Crippen LogP contribution is -2.38. The number of hydrogen-bond acceptors (Lipinski definition) is 5. The normalized spacial score (nSPS) is 12.4. The number of para-hydroxylation sites is 1. The monoisotopic (exact) mass is 337 g/mol. The van der Waals surface area contributed by atoms with E-state index in [1.54, 1.807) is 7.11 Å². The van der Waals surface area contributed by atoms with Gasteiger partial charge in [-0.3, -0.25) is 4.79 Å². The molecule has 0 saturated heterocycles. The number of ether oxygens (including phenoxy) is 3. The first-order valence-corrected chi connectivity index (χ1v) is 7.94. The third-order valence-electron chi connectivity index (χ3n) is 3.32. The van der Waals surface area contributed by atoms with Crippen molar-refractivity contribution >= 4 is 11.9 Å². The lowest BCUT2D eigenvalue weighted by Gasteiger charge is -2.22. The molecule has 6 heteroatoms. The van der Waals surface area contributed by atoms with E-state index in [1.807, 2.05) is 24.3 Å². The fourth-order valence-corrected chi connectivity index (χ4v) is 2.05. The molecule has 1 atom stereocenters. The summed E-state index contributed by atoms with van der Waals surface area (Å²) in [5.41, 5.74) is 0.901. The van der Waals surface area contributed by atoms with Gasteiger partial charge in [-0.05, 0) is 24.0 Å². The Balaban J connectivity index is 2.51. The second kappa shape index (κ2) is 9.27. The zero-order valence-corrected chi connectivity index (χ0v) is 15.0. The van der Waals surface area contributed by atoms with Crippen LogP contribution >= 0.6 is 0 Å². The summed E-state index contributed by atoms with van der Waals surface area (Å²) >= 11 is 0. The molecule has 24 heavy (non-hydrogen) atoms. The fourth-order valence-electron chi connectivity index (χ4n) is 2.05. The molecule has 6 nitrogen and oxygen atoms in total. The SMILES string of the molecule is COCCNC(=O)[C@H](C)OC(=O)COc1ccccc1C(C)(C)C. The van der Waals surface area contributed by atoms with Crippen LogP contribution in [-0.2, 0) is 24.5 Å². The Morgan fingerprint density at radius 2 is 1.88 bits per heavy atom. The maximum atomic E-state index is 11.9. The fraction of sp³-hybridized carbons (Fsp3) is 0.556. The van der Waals surface area contributed by atoms with Crippen LogP contribution in [0.4, 0.5) is 0 Å². The Bertz CT molecular complexity index is 551. The van der Waals surface area contributed by atoms with Crippen LogP contribution < -0.4 is 10.1 Å². The second-order valence-electron chi connectivity index (χ2n) is 6.45. The zero-order valence-electron chi connectivity index (χ0n) is 15.0. The lowest BCUT2D eigenvalue weighted by atomic mass is 9.86. The van der Waals surface area contributed by atoms with Crippen LogP contribution in [0.25, 0.3) is 0 Å². The van der Waals surface area contributed by atoms with Gasteiger partial charge >= 0.3 is 5.97 Å². The van der Waals surface area contributed by atoms with Crippen molar-refractivity contribution in [3.8, 4) is 5.75 Å². The Kier molecular flexibility index (Phi) is 7.71. The smallest absolute Gasteiger partial charge is 0.344 e. The minimum absolute atomic E-state index is 0.102. The van der Waals surface area contributed by atoms with E-state index in [9.17, 15) is 9.59 Å². The number of amides is 1. The van der Waals surface area contributed by atoms with E-state index in [-0.39, 0.29) is 17.9 Å². The van der Waals surface area contributed by atoms with Crippen molar-refractivity contribution in [1.82, 2.24) is 5.32 Å². The molecule has 0 fully saturated rings. The summed E-state index contributed by atoms with van der Waals surface area (Å²) in [6, 6.07) is 7.56. The van der Waals surface area contributed by atoms with Crippen molar-refractivity contribution < 1.29 is 23.8 Å². The van der Waals surface area contributed by atoms with Crippen LogP contribution in [0, 0.1) is 0 Å². The summed E-state index contributed by atoms with van der Waals surface area (Å²) in [7, 11) is 1.54. The molecular weight excluding hydrogens is 310 g/mol. The van der Waals surface area contributed by atoms with E-state index in [4.69, 9.17) is 14.2 Å². The molecule has 0 radical (unpaired) electrons. The topological polar surface area (TPSA) is 73.9 Å². The highest BCUT2D eigenvalue weighted by molar-refractivity contribution is 5.83. The van der Waals surface area contributed by atoms with Crippen molar-refractivity contribution in [3.05, 3.63) is 29.8 Å². The third-order valence-corrected chi connectivity index (χ3v) is 3.32. The first-order chi connectivity index (χ1) is 11.3. The molecule has 0 spiro atoms. The predicted octanol–water partition coefficient (Wildman–Crippen LogP) is 2.06. The molecule has 0 heterocycles. The maximum absolute atomic E-state index is 11.9. The van der Waals surface area contributed by atoms with Gasteiger partial charge in [0.25, 0.3) is 5.91 Å². The molecule has 0 aliphatic heterocycles. The van der Waals surface area contributed by atoms with E-state index in [0.717, 1.165) is 5.56 Å². The summed E-state index contributed by atoms with van der Waals surface area (Å²) in [5, 5.41) is 2.61. The zero-order chi connectivity index (χ0) is 18.2. The number of benzene rings is 1. The molecule has 0 unspecified atom stereocenters. The van der Waals surface area contributed by atoms with Crippen molar-refractivity contribution in [2.45, 2.75) is 39.2 Å². The molecule has 1 rings (SSSR count). The van der Waals surface area contributed by atoms with Crippen molar-refractivity contribution in [1.29, 1.82) is 0 Å². The quantitative estimate of drug-likeness (QED) is 0.580. The van der Waals surface area contributed by atoms with Gasteiger partial charge in [-0.2, -0.15) is 0 Å². The van der Waals surface area contributed by atoms with Crippen molar-refractivity contribution in [2.75, 3.05) is 26.9 Å². The van der Waals surface area contributed by atoms with E-state index in [0.29, 0.717) is 18.9 Å². The number of hydrogen-bond donors (Lipinski definition) is 1. The molecular formula is C18H27NO5. The van der Waals surface area contributed by atoms with Gasteiger partial charge in [-0.15, -0.1) is 0 Å². The minimum atomic E-state index is -0.879. The van der Waals surface area contributed by atoms with E-state index in [2.05, 4.69) is 26.1 Å². The largest absolute Gasteiger partial charge is 0.482 e. The van der Waals surface area contributed by atoms with Crippen molar-refractivity contribution in [2.24, 2.45) is 0 Å². The number of rotatable bonds is 8. The summed E-state index contributed by atoms with van der Waals surface area (Å²) in [6.45, 7) is 8.25. The van der Waals surface area contributed by atoms with Crippen LogP contribution in [0.2, 0.25) is 0 Å². The second-order valence-corrected chi connectivity index (χ2v) is 6.45. The van der Waals surface area contributed by atoms with Gasteiger partial charge < -0.3 is 19.5 Å². The van der Waals surface area contributed by atoms with Gasteiger partial charge in [0.2, 0.25) is 0 Å². The van der Waals surface area contributed by atoms with Gasteiger partial charge in [0.15, 0.2) is 12.7 Å². The summed E-state index contributed by atoms with van der Waals surface area (Å²) < 4.78 is 15.5. The van der Waals surface area contributed by atoms with Crippen molar-refractivity contribution in [3.63, 3.8) is 0 Å². The molecule has 1 aromatic carbocycles. The summed E-state index contributed by atoms with van der Waals surface area (Å²) in [4.78, 5) is 23.6. The van der Waals surface area contributed by atoms with Gasteiger partial charge in [-0.25, -0.2) is 4.79 Å². The van der Waals surface area contributed by atoms with Gasteiger partial charge in [-0.1, -0.05) is 39.0 Å². The Morgan fingerprint density at radius 3 is 2.50 bits per heavy atom. The standard InChI is InChI=1S/C18H27NO5/c1-13(17(21)19-10-11-22-5)24-16(20)12-23-15-9-7-6-8-14(15)18(2,3)4/h6-9,13H,10-12H2,1-5H3,(H,19,21)/t13-/m0/s1. The van der Waals surface area contributed by atoms with Gasteiger partial charge in [0, 0.05) is 13.7 Å². The van der Waals surface area contributed by atoms with Crippen LogP contribution in [0.3, 0.4) is 0 Å². The number of carbonyl (C=O) groups excluding carboxylic acids is 2. The molecule has 0 aromatic heterocycles. The minimum Gasteiger partial charge on any atom is -0.482 e. The Morgan fingerprint density at radius 1 is 1.21 bits per heavy atom. The van der Waals surface area contributed by atoms with Crippen LogP contribution in [0.5, 0.6) is 5.75 Å². The predicted molar refractivity (Wildman–Crippen MR) is 91.1 cm³/mol. The van der Waals surface area contributed by atoms with E-state index in [1.165, 1.54) is 6.92 Å². The number of methoxy groups -OCH3 is 1. The maximum Gasteiger partial charge on any atom is 0.344 e. The highest BCUT2D eigenvalue weighted by Crippen LogP contribution is 2.30.